The molecule has 1 aliphatic heterocycles. The molecule has 0 amide bonds. The Balaban J connectivity index is 1.68. The molecule has 2 fully saturated rings. The van der Waals surface area contributed by atoms with Gasteiger partial charge in [0, 0.05) is 26.4 Å². The standard InChI is InChI=1S/C20H20N6O/c1-27-16-11-26(12-16)19-9-15(20(13-22)4-2-5-20)8-18(25-19)24-17-7-14(10-21)3-6-23-17/h3,6-9,16H,2,4-5,11-12H2,1H3,(H,23,24,25). The van der Waals surface area contributed by atoms with E-state index in [1.807, 2.05) is 12.1 Å². The fourth-order valence-corrected chi connectivity index (χ4v) is 3.49. The average Bonchev–Trinajstić information content (AvgIpc) is 2.60. The van der Waals surface area contributed by atoms with Crippen molar-refractivity contribution in [1.82, 2.24) is 9.97 Å². The lowest BCUT2D eigenvalue weighted by Gasteiger charge is -2.41. The Kier molecular flexibility index (Phi) is 4.39. The third kappa shape index (κ3) is 3.18. The van der Waals surface area contributed by atoms with Crippen LogP contribution in [-0.2, 0) is 10.2 Å². The molecule has 7 heteroatoms. The maximum Gasteiger partial charge on any atom is 0.134 e. The van der Waals surface area contributed by atoms with Crippen LogP contribution in [0.15, 0.2) is 30.5 Å². The normalized spacial score (nSPS) is 18.0. The summed E-state index contributed by atoms with van der Waals surface area (Å²) in [6, 6.07) is 11.9. The van der Waals surface area contributed by atoms with Gasteiger partial charge >= 0.3 is 0 Å². The molecule has 4 rings (SSSR count). The van der Waals surface area contributed by atoms with Crippen molar-refractivity contribution >= 4 is 17.5 Å². The van der Waals surface area contributed by atoms with Crippen LogP contribution in [0.5, 0.6) is 0 Å². The van der Waals surface area contributed by atoms with E-state index in [1.54, 1.807) is 25.4 Å². The van der Waals surface area contributed by atoms with Crippen molar-refractivity contribution in [3.8, 4) is 12.1 Å². The number of ether oxygens (including phenoxy) is 1. The van der Waals surface area contributed by atoms with E-state index in [-0.39, 0.29) is 6.10 Å². The second-order valence-corrected chi connectivity index (χ2v) is 7.08. The Morgan fingerprint density at radius 2 is 2.04 bits per heavy atom. The van der Waals surface area contributed by atoms with Crippen LogP contribution < -0.4 is 10.2 Å². The minimum Gasteiger partial charge on any atom is -0.378 e. The quantitative estimate of drug-likeness (QED) is 0.875. The van der Waals surface area contributed by atoms with E-state index in [0.717, 1.165) is 43.7 Å². The highest BCUT2D eigenvalue weighted by Crippen LogP contribution is 2.44. The van der Waals surface area contributed by atoms with Gasteiger partial charge in [0.25, 0.3) is 0 Å². The first kappa shape index (κ1) is 17.3. The Labute approximate surface area is 158 Å². The number of anilines is 3. The second kappa shape index (κ2) is 6.86. The van der Waals surface area contributed by atoms with Crippen LogP contribution in [0.2, 0.25) is 0 Å². The van der Waals surface area contributed by atoms with Crippen molar-refractivity contribution in [3.63, 3.8) is 0 Å². The highest BCUT2D eigenvalue weighted by molar-refractivity contribution is 5.61. The summed E-state index contributed by atoms with van der Waals surface area (Å²) in [5.74, 6) is 2.02. The van der Waals surface area contributed by atoms with E-state index in [2.05, 4.69) is 27.3 Å². The van der Waals surface area contributed by atoms with Crippen molar-refractivity contribution in [2.45, 2.75) is 30.8 Å². The van der Waals surface area contributed by atoms with E-state index in [9.17, 15) is 5.26 Å². The molecule has 3 heterocycles. The predicted octanol–water partition coefficient (Wildman–Crippen LogP) is 2.87. The molecule has 0 unspecified atom stereocenters. The molecular formula is C20H20N6O. The molecule has 1 aliphatic carbocycles. The monoisotopic (exact) mass is 360 g/mol. The van der Waals surface area contributed by atoms with Gasteiger partial charge in [0.2, 0.25) is 0 Å². The molecule has 2 aromatic heterocycles. The summed E-state index contributed by atoms with van der Waals surface area (Å²) in [7, 11) is 1.71. The molecular weight excluding hydrogens is 340 g/mol. The fourth-order valence-electron chi connectivity index (χ4n) is 3.49. The minimum atomic E-state index is -0.429. The fraction of sp³-hybridized carbons (Fsp3) is 0.400. The predicted molar refractivity (Wildman–Crippen MR) is 101 cm³/mol. The third-order valence-corrected chi connectivity index (χ3v) is 5.44. The highest BCUT2D eigenvalue weighted by atomic mass is 16.5. The van der Waals surface area contributed by atoms with E-state index < -0.39 is 5.41 Å². The van der Waals surface area contributed by atoms with Gasteiger partial charge in [-0.3, -0.25) is 0 Å². The van der Waals surface area contributed by atoms with Gasteiger partial charge in [0.1, 0.15) is 17.5 Å². The molecule has 1 saturated heterocycles. The Morgan fingerprint density at radius 1 is 1.22 bits per heavy atom. The van der Waals surface area contributed by atoms with Crippen molar-refractivity contribution in [2.24, 2.45) is 0 Å². The van der Waals surface area contributed by atoms with Gasteiger partial charge in [-0.2, -0.15) is 10.5 Å². The van der Waals surface area contributed by atoms with Gasteiger partial charge in [-0.1, -0.05) is 0 Å². The maximum absolute atomic E-state index is 9.75. The average molecular weight is 360 g/mol. The zero-order chi connectivity index (χ0) is 18.9. The summed E-state index contributed by atoms with van der Waals surface area (Å²) in [5.41, 5.74) is 1.09. The van der Waals surface area contributed by atoms with Gasteiger partial charge in [-0.05, 0) is 49.1 Å². The van der Waals surface area contributed by atoms with Gasteiger partial charge < -0.3 is 15.0 Å². The number of methoxy groups -OCH3 is 1. The van der Waals surface area contributed by atoms with Crippen LogP contribution in [0.25, 0.3) is 0 Å². The number of nitriles is 2. The zero-order valence-corrected chi connectivity index (χ0v) is 15.1. The lowest BCUT2D eigenvalue weighted by Crippen LogP contribution is -2.52. The number of nitrogens with zero attached hydrogens (tertiary/aromatic N) is 5. The Morgan fingerprint density at radius 3 is 2.67 bits per heavy atom. The summed E-state index contributed by atoms with van der Waals surface area (Å²) in [5, 5.41) is 22.0. The van der Waals surface area contributed by atoms with Gasteiger partial charge in [-0.25, -0.2) is 9.97 Å². The summed E-state index contributed by atoms with van der Waals surface area (Å²) < 4.78 is 5.36. The molecule has 7 nitrogen and oxygen atoms in total. The van der Waals surface area contributed by atoms with E-state index in [1.165, 1.54) is 0 Å². The maximum atomic E-state index is 9.75. The lowest BCUT2D eigenvalue weighted by molar-refractivity contribution is 0.0783. The van der Waals surface area contributed by atoms with Crippen LogP contribution in [0.1, 0.15) is 30.4 Å². The molecule has 0 spiro atoms. The first-order valence-corrected chi connectivity index (χ1v) is 9.00. The molecule has 1 N–H and O–H groups in total. The molecule has 0 atom stereocenters. The number of pyridine rings is 2. The summed E-state index contributed by atoms with van der Waals surface area (Å²) in [4.78, 5) is 11.1. The minimum absolute atomic E-state index is 0.217. The number of hydrogen-bond acceptors (Lipinski definition) is 7. The molecule has 0 radical (unpaired) electrons. The Hall–Kier alpha value is -3.16. The van der Waals surface area contributed by atoms with Crippen LogP contribution in [-0.4, -0.2) is 36.3 Å². The highest BCUT2D eigenvalue weighted by Gasteiger charge is 2.40. The number of hydrogen-bond donors (Lipinski definition) is 1. The Bertz CT molecular complexity index is 934. The lowest BCUT2D eigenvalue weighted by atomic mass is 9.65. The van der Waals surface area contributed by atoms with Crippen LogP contribution in [0.3, 0.4) is 0 Å². The van der Waals surface area contributed by atoms with Crippen LogP contribution >= 0.6 is 0 Å². The summed E-state index contributed by atoms with van der Waals surface area (Å²) in [6.45, 7) is 1.57. The summed E-state index contributed by atoms with van der Waals surface area (Å²) >= 11 is 0. The van der Waals surface area contributed by atoms with Crippen molar-refractivity contribution in [1.29, 1.82) is 10.5 Å². The smallest absolute Gasteiger partial charge is 0.134 e. The van der Waals surface area contributed by atoms with Crippen molar-refractivity contribution in [2.75, 3.05) is 30.4 Å². The third-order valence-electron chi connectivity index (χ3n) is 5.44. The SMILES string of the molecule is COC1CN(c2cc(C3(C#N)CCC3)cc(Nc3cc(C#N)ccn3)n2)C1. The van der Waals surface area contributed by atoms with E-state index >= 15 is 0 Å². The first-order chi connectivity index (χ1) is 13.2. The largest absolute Gasteiger partial charge is 0.378 e. The topological polar surface area (TPSA) is 97.9 Å². The molecule has 0 aromatic carbocycles. The number of aromatic nitrogens is 2. The van der Waals surface area contributed by atoms with Crippen LogP contribution in [0, 0.1) is 22.7 Å². The molecule has 1 saturated carbocycles. The van der Waals surface area contributed by atoms with Gasteiger partial charge in [0.15, 0.2) is 0 Å². The zero-order valence-electron chi connectivity index (χ0n) is 15.1. The molecule has 2 aromatic rings. The molecule has 2 aliphatic rings. The van der Waals surface area contributed by atoms with Gasteiger partial charge in [-0.15, -0.1) is 0 Å². The van der Waals surface area contributed by atoms with Gasteiger partial charge in [0.05, 0.1) is 29.2 Å². The second-order valence-electron chi connectivity index (χ2n) is 7.08. The van der Waals surface area contributed by atoms with E-state index in [4.69, 9.17) is 15.0 Å². The van der Waals surface area contributed by atoms with Crippen LogP contribution in [0.4, 0.5) is 17.5 Å². The number of rotatable bonds is 5. The van der Waals surface area contributed by atoms with Crippen molar-refractivity contribution < 1.29 is 4.74 Å². The van der Waals surface area contributed by atoms with Crippen molar-refractivity contribution in [3.05, 3.63) is 41.6 Å². The first-order valence-electron chi connectivity index (χ1n) is 9.00. The number of nitrogens with one attached hydrogen (secondary N) is 1. The molecule has 27 heavy (non-hydrogen) atoms. The van der Waals surface area contributed by atoms with E-state index in [0.29, 0.717) is 17.2 Å². The molecule has 0 bridgehead atoms. The molecule has 136 valence electrons. The summed E-state index contributed by atoms with van der Waals surface area (Å²) in [6.07, 6.45) is 4.61.